The molecule has 0 saturated heterocycles. The highest BCUT2D eigenvalue weighted by atomic mass is 127. The fourth-order valence-electron chi connectivity index (χ4n) is 2.31. The fraction of sp³-hybridized carbons (Fsp3) is 0.400. The van der Waals surface area contributed by atoms with Gasteiger partial charge in [-0.3, -0.25) is 9.98 Å². The van der Waals surface area contributed by atoms with Gasteiger partial charge in [-0.1, -0.05) is 6.07 Å². The molecule has 7 heteroatoms. The van der Waals surface area contributed by atoms with Crippen molar-refractivity contribution < 1.29 is 9.47 Å². The van der Waals surface area contributed by atoms with Gasteiger partial charge in [-0.15, -0.1) is 24.0 Å². The summed E-state index contributed by atoms with van der Waals surface area (Å²) in [6.07, 6.45) is 3.53. The Morgan fingerprint density at radius 2 is 1.85 bits per heavy atom. The SMILES string of the molecule is CCNC(=NCCCOc1ccc(OC)cc1)NCCc1ccccn1.I. The number of pyridine rings is 1. The number of nitrogens with zero attached hydrogens (tertiary/aromatic N) is 2. The topological polar surface area (TPSA) is 67.8 Å². The molecule has 2 N–H and O–H groups in total. The van der Waals surface area contributed by atoms with Crippen molar-refractivity contribution in [1.82, 2.24) is 15.6 Å². The third-order valence-electron chi connectivity index (χ3n) is 3.64. The van der Waals surface area contributed by atoms with Crippen LogP contribution in [0.15, 0.2) is 53.7 Å². The van der Waals surface area contributed by atoms with Crippen molar-refractivity contribution in [2.24, 2.45) is 4.99 Å². The molecule has 0 radical (unpaired) electrons. The average Bonchev–Trinajstić information content (AvgIpc) is 2.69. The summed E-state index contributed by atoms with van der Waals surface area (Å²) in [5.41, 5.74) is 1.07. The molecule has 0 unspecified atom stereocenters. The van der Waals surface area contributed by atoms with Crippen molar-refractivity contribution in [2.75, 3.05) is 33.4 Å². The van der Waals surface area contributed by atoms with Crippen LogP contribution in [0.4, 0.5) is 0 Å². The van der Waals surface area contributed by atoms with E-state index >= 15 is 0 Å². The van der Waals surface area contributed by atoms with E-state index in [0.717, 1.165) is 49.1 Å². The average molecular weight is 484 g/mol. The van der Waals surface area contributed by atoms with Crippen LogP contribution in [0, 0.1) is 0 Å². The third kappa shape index (κ3) is 9.46. The van der Waals surface area contributed by atoms with Crippen LogP contribution in [-0.4, -0.2) is 44.3 Å². The van der Waals surface area contributed by atoms with E-state index in [-0.39, 0.29) is 24.0 Å². The molecule has 0 aliphatic heterocycles. The summed E-state index contributed by atoms with van der Waals surface area (Å²) in [5.74, 6) is 2.50. The molecule has 0 amide bonds. The number of halogens is 1. The summed E-state index contributed by atoms with van der Waals surface area (Å²) in [7, 11) is 1.65. The first-order valence-electron chi connectivity index (χ1n) is 9.00. The Kier molecular flexibility index (Phi) is 12.0. The first kappa shape index (κ1) is 23.0. The van der Waals surface area contributed by atoms with Crippen molar-refractivity contribution in [3.05, 3.63) is 54.4 Å². The Balaban J connectivity index is 0.00000364. The zero-order valence-electron chi connectivity index (χ0n) is 16.0. The van der Waals surface area contributed by atoms with Crippen LogP contribution in [0.25, 0.3) is 0 Å². The predicted octanol–water partition coefficient (Wildman–Crippen LogP) is 3.27. The van der Waals surface area contributed by atoms with E-state index in [0.29, 0.717) is 13.2 Å². The van der Waals surface area contributed by atoms with Gasteiger partial charge >= 0.3 is 0 Å². The van der Waals surface area contributed by atoms with E-state index in [9.17, 15) is 0 Å². The lowest BCUT2D eigenvalue weighted by atomic mass is 10.3. The summed E-state index contributed by atoms with van der Waals surface area (Å²) in [6.45, 7) is 5.02. The van der Waals surface area contributed by atoms with Crippen LogP contribution in [0.5, 0.6) is 11.5 Å². The molecule has 6 nitrogen and oxygen atoms in total. The van der Waals surface area contributed by atoms with Crippen molar-refractivity contribution in [2.45, 2.75) is 19.8 Å². The van der Waals surface area contributed by atoms with Crippen LogP contribution in [0.2, 0.25) is 0 Å². The number of rotatable bonds is 10. The summed E-state index contributed by atoms with van der Waals surface area (Å²) < 4.78 is 10.8. The maximum Gasteiger partial charge on any atom is 0.191 e. The summed E-state index contributed by atoms with van der Waals surface area (Å²) in [6, 6.07) is 13.6. The van der Waals surface area contributed by atoms with Gasteiger partial charge in [0.2, 0.25) is 0 Å². The number of hydrogen-bond acceptors (Lipinski definition) is 4. The smallest absolute Gasteiger partial charge is 0.191 e. The summed E-state index contributed by atoms with van der Waals surface area (Å²) in [5, 5.41) is 6.59. The second-order valence-electron chi connectivity index (χ2n) is 5.64. The van der Waals surface area contributed by atoms with Crippen LogP contribution in [-0.2, 0) is 6.42 Å². The fourth-order valence-corrected chi connectivity index (χ4v) is 2.31. The Labute approximate surface area is 178 Å². The van der Waals surface area contributed by atoms with E-state index in [2.05, 4.69) is 27.5 Å². The maximum atomic E-state index is 5.71. The van der Waals surface area contributed by atoms with Gasteiger partial charge in [0.05, 0.1) is 13.7 Å². The Hall–Kier alpha value is -2.03. The number of guanidine groups is 1. The minimum Gasteiger partial charge on any atom is -0.497 e. The first-order chi connectivity index (χ1) is 12.8. The van der Waals surface area contributed by atoms with E-state index in [1.165, 1.54) is 0 Å². The Morgan fingerprint density at radius 3 is 2.52 bits per heavy atom. The zero-order valence-corrected chi connectivity index (χ0v) is 18.3. The first-order valence-corrected chi connectivity index (χ1v) is 9.00. The quantitative estimate of drug-likeness (QED) is 0.235. The minimum absolute atomic E-state index is 0. The zero-order chi connectivity index (χ0) is 18.5. The van der Waals surface area contributed by atoms with E-state index in [1.54, 1.807) is 7.11 Å². The molecule has 0 aliphatic rings. The minimum atomic E-state index is 0. The normalized spacial score (nSPS) is 10.7. The van der Waals surface area contributed by atoms with Gasteiger partial charge in [0.25, 0.3) is 0 Å². The molecule has 148 valence electrons. The van der Waals surface area contributed by atoms with Gasteiger partial charge in [0.15, 0.2) is 5.96 Å². The second-order valence-corrected chi connectivity index (χ2v) is 5.64. The summed E-state index contributed by atoms with van der Waals surface area (Å²) in [4.78, 5) is 8.90. The highest BCUT2D eigenvalue weighted by molar-refractivity contribution is 14.0. The van der Waals surface area contributed by atoms with Gasteiger partial charge in [-0.05, 0) is 43.3 Å². The number of benzene rings is 1. The lowest BCUT2D eigenvalue weighted by Crippen LogP contribution is -2.38. The third-order valence-corrected chi connectivity index (χ3v) is 3.64. The van der Waals surface area contributed by atoms with E-state index in [1.807, 2.05) is 48.7 Å². The number of hydrogen-bond donors (Lipinski definition) is 2. The molecule has 0 saturated carbocycles. The van der Waals surface area contributed by atoms with Crippen LogP contribution in [0.1, 0.15) is 19.0 Å². The van der Waals surface area contributed by atoms with Crippen molar-refractivity contribution in [3.8, 4) is 11.5 Å². The standard InChI is InChI=1S/C20H28N4O2.HI/c1-3-21-20(24-15-12-17-7-4-5-13-22-17)23-14-6-16-26-19-10-8-18(25-2)9-11-19;/h4-5,7-11,13H,3,6,12,14-16H2,1-2H3,(H2,21,23,24);1H. The van der Waals surface area contributed by atoms with Gasteiger partial charge in [-0.2, -0.15) is 0 Å². The Morgan fingerprint density at radius 1 is 1.07 bits per heavy atom. The highest BCUT2D eigenvalue weighted by Gasteiger charge is 1.99. The molecule has 0 atom stereocenters. The molecule has 1 heterocycles. The monoisotopic (exact) mass is 484 g/mol. The Bertz CT molecular complexity index is 651. The highest BCUT2D eigenvalue weighted by Crippen LogP contribution is 2.16. The molecule has 2 aromatic rings. The molecule has 1 aromatic carbocycles. The van der Waals surface area contributed by atoms with Gasteiger partial charge in [0.1, 0.15) is 11.5 Å². The molecule has 27 heavy (non-hydrogen) atoms. The molecular formula is C20H29IN4O2. The van der Waals surface area contributed by atoms with Crippen molar-refractivity contribution in [3.63, 3.8) is 0 Å². The van der Waals surface area contributed by atoms with Crippen LogP contribution >= 0.6 is 24.0 Å². The van der Waals surface area contributed by atoms with Gasteiger partial charge in [0, 0.05) is 44.4 Å². The largest absolute Gasteiger partial charge is 0.497 e. The molecule has 0 bridgehead atoms. The van der Waals surface area contributed by atoms with E-state index < -0.39 is 0 Å². The number of aliphatic imine (C=N–C) groups is 1. The molecule has 0 aliphatic carbocycles. The van der Waals surface area contributed by atoms with Crippen molar-refractivity contribution >= 4 is 29.9 Å². The molecule has 2 rings (SSSR count). The van der Waals surface area contributed by atoms with Gasteiger partial charge < -0.3 is 20.1 Å². The van der Waals surface area contributed by atoms with Gasteiger partial charge in [-0.25, -0.2) is 0 Å². The molecule has 0 fully saturated rings. The number of ether oxygens (including phenoxy) is 2. The number of methoxy groups -OCH3 is 1. The maximum absolute atomic E-state index is 5.71. The lowest BCUT2D eigenvalue weighted by Gasteiger charge is -2.11. The second kappa shape index (κ2) is 14.1. The predicted molar refractivity (Wildman–Crippen MR) is 120 cm³/mol. The van der Waals surface area contributed by atoms with Crippen molar-refractivity contribution in [1.29, 1.82) is 0 Å². The number of nitrogens with one attached hydrogen (secondary N) is 2. The van der Waals surface area contributed by atoms with Crippen LogP contribution in [0.3, 0.4) is 0 Å². The van der Waals surface area contributed by atoms with Crippen LogP contribution < -0.4 is 20.1 Å². The molecular weight excluding hydrogens is 455 g/mol. The summed E-state index contributed by atoms with van der Waals surface area (Å²) >= 11 is 0. The molecule has 0 spiro atoms. The van der Waals surface area contributed by atoms with E-state index in [4.69, 9.17) is 9.47 Å². The molecule has 1 aromatic heterocycles. The lowest BCUT2D eigenvalue weighted by molar-refractivity contribution is 0.312. The number of aromatic nitrogens is 1.